The lowest BCUT2D eigenvalue weighted by Gasteiger charge is -2.16. The van der Waals surface area contributed by atoms with Gasteiger partial charge in [-0.25, -0.2) is 0 Å². The number of hydrogen-bond acceptors (Lipinski definition) is 3. The summed E-state index contributed by atoms with van der Waals surface area (Å²) in [6.07, 6.45) is 0. The van der Waals surface area contributed by atoms with Crippen molar-refractivity contribution in [1.82, 2.24) is 0 Å². The van der Waals surface area contributed by atoms with E-state index in [0.29, 0.717) is 5.56 Å². The quantitative estimate of drug-likeness (QED) is 0.663. The molecule has 0 saturated heterocycles. The molecule has 2 rings (SSSR count). The molecule has 1 aromatic carbocycles. The van der Waals surface area contributed by atoms with Crippen LogP contribution in [0.1, 0.15) is 31.1 Å². The number of hydrogen-bond donors (Lipinski definition) is 0. The fourth-order valence-corrected chi connectivity index (χ4v) is 2.56. The minimum atomic E-state index is -0.256. The summed E-state index contributed by atoms with van der Waals surface area (Å²) in [6.45, 7) is 5.57. The lowest BCUT2D eigenvalue weighted by molar-refractivity contribution is 0.101. The van der Waals surface area contributed by atoms with Crippen LogP contribution in [0, 0.1) is 0 Å². The number of fused-ring (bicyclic) bond motifs is 1. The van der Waals surface area contributed by atoms with Crippen molar-refractivity contribution in [3.8, 4) is 5.75 Å². The third-order valence-electron chi connectivity index (χ3n) is 2.06. The van der Waals surface area contributed by atoms with Gasteiger partial charge in [-0.3, -0.25) is 4.79 Å². The van der Waals surface area contributed by atoms with Gasteiger partial charge in [0.15, 0.2) is 10.7 Å². The van der Waals surface area contributed by atoms with Crippen molar-refractivity contribution in [1.29, 1.82) is 0 Å². The summed E-state index contributed by atoms with van der Waals surface area (Å²) in [4.78, 5) is 12.1. The van der Waals surface area contributed by atoms with Crippen LogP contribution in [0.15, 0.2) is 23.1 Å². The number of thioether (sulfide) groups is 1. The molecular weight excluding hydrogens is 196 g/mol. The highest BCUT2D eigenvalue weighted by molar-refractivity contribution is 8.00. The lowest BCUT2D eigenvalue weighted by Crippen LogP contribution is -2.18. The summed E-state index contributed by atoms with van der Waals surface area (Å²) in [6, 6.07) is 5.69. The van der Waals surface area contributed by atoms with Crippen LogP contribution in [0.3, 0.4) is 0 Å². The molecule has 1 aromatic rings. The molecule has 3 heteroatoms. The van der Waals surface area contributed by atoms with Gasteiger partial charge in [-0.1, -0.05) is 17.8 Å². The molecule has 0 amide bonds. The Bertz CT molecular complexity index is 396. The topological polar surface area (TPSA) is 26.3 Å². The maximum absolute atomic E-state index is 11.3. The van der Waals surface area contributed by atoms with Crippen LogP contribution in [0.4, 0.5) is 0 Å². The van der Waals surface area contributed by atoms with Gasteiger partial charge in [-0.2, -0.15) is 0 Å². The maximum atomic E-state index is 11.3. The number of ether oxygens (including phenoxy) is 1. The number of rotatable bonds is 1. The molecule has 0 N–H and O–H groups in total. The molecule has 0 atom stereocenters. The van der Waals surface area contributed by atoms with Crippen molar-refractivity contribution in [2.24, 2.45) is 0 Å². The second-order valence-corrected chi connectivity index (χ2v) is 5.42. The van der Waals surface area contributed by atoms with Crippen molar-refractivity contribution < 1.29 is 9.53 Å². The highest BCUT2D eigenvalue weighted by atomic mass is 32.2. The van der Waals surface area contributed by atoms with Gasteiger partial charge in [-0.15, -0.1) is 0 Å². The van der Waals surface area contributed by atoms with Gasteiger partial charge in [-0.05, 0) is 32.9 Å². The van der Waals surface area contributed by atoms with Gasteiger partial charge in [0.05, 0.1) is 10.5 Å². The average molecular weight is 208 g/mol. The molecule has 1 aliphatic rings. The van der Waals surface area contributed by atoms with E-state index in [9.17, 15) is 4.79 Å². The van der Waals surface area contributed by atoms with Crippen LogP contribution in [-0.4, -0.2) is 10.7 Å². The van der Waals surface area contributed by atoms with Gasteiger partial charge in [0.2, 0.25) is 0 Å². The van der Waals surface area contributed by atoms with E-state index in [1.807, 2.05) is 32.0 Å². The summed E-state index contributed by atoms with van der Waals surface area (Å²) >= 11 is 1.65. The highest BCUT2D eigenvalue weighted by Gasteiger charge is 2.33. The van der Waals surface area contributed by atoms with Crippen molar-refractivity contribution in [2.75, 3.05) is 0 Å². The standard InChI is InChI=1S/C11H12O2S/c1-7(12)8-5-4-6-9-10(8)13-11(2,3)14-9/h4-6H,1-3H3. The fraction of sp³-hybridized carbons (Fsp3) is 0.364. The van der Waals surface area contributed by atoms with Gasteiger partial charge < -0.3 is 4.74 Å². The molecule has 0 bridgehead atoms. The molecule has 14 heavy (non-hydrogen) atoms. The van der Waals surface area contributed by atoms with E-state index < -0.39 is 0 Å². The van der Waals surface area contributed by atoms with Crippen molar-refractivity contribution in [3.63, 3.8) is 0 Å². The number of Topliss-reactive ketones (excluding diaryl/α,β-unsaturated/α-hetero) is 1. The van der Waals surface area contributed by atoms with Crippen LogP contribution in [0.25, 0.3) is 0 Å². The van der Waals surface area contributed by atoms with Crippen LogP contribution >= 0.6 is 11.8 Å². The summed E-state index contributed by atoms with van der Waals surface area (Å²) in [5.41, 5.74) is 0.681. The molecule has 0 radical (unpaired) electrons. The zero-order valence-corrected chi connectivity index (χ0v) is 9.27. The van der Waals surface area contributed by atoms with Crippen molar-refractivity contribution >= 4 is 17.5 Å². The predicted molar refractivity (Wildman–Crippen MR) is 57.0 cm³/mol. The van der Waals surface area contributed by atoms with Crippen LogP contribution in [-0.2, 0) is 0 Å². The third kappa shape index (κ3) is 1.52. The largest absolute Gasteiger partial charge is 0.475 e. The molecule has 0 saturated carbocycles. The van der Waals surface area contributed by atoms with Gasteiger partial charge in [0, 0.05) is 0 Å². The molecule has 0 aliphatic carbocycles. The Morgan fingerprint density at radius 1 is 1.43 bits per heavy atom. The van der Waals surface area contributed by atoms with E-state index in [1.54, 1.807) is 18.7 Å². The summed E-state index contributed by atoms with van der Waals surface area (Å²) in [5, 5.41) is 0. The van der Waals surface area contributed by atoms with E-state index in [2.05, 4.69) is 0 Å². The van der Waals surface area contributed by atoms with Gasteiger partial charge in [0.1, 0.15) is 5.75 Å². The lowest BCUT2D eigenvalue weighted by atomic mass is 10.1. The van der Waals surface area contributed by atoms with E-state index >= 15 is 0 Å². The van der Waals surface area contributed by atoms with E-state index in [0.717, 1.165) is 10.6 Å². The number of carbonyl (C=O) groups excluding carboxylic acids is 1. The summed E-state index contributed by atoms with van der Waals surface area (Å²) < 4.78 is 5.73. The van der Waals surface area contributed by atoms with Gasteiger partial charge in [0.25, 0.3) is 0 Å². The Labute approximate surface area is 87.6 Å². The van der Waals surface area contributed by atoms with Crippen LogP contribution in [0.2, 0.25) is 0 Å². The van der Waals surface area contributed by atoms with E-state index in [4.69, 9.17) is 4.74 Å². The Balaban J connectivity index is 2.52. The monoisotopic (exact) mass is 208 g/mol. The SMILES string of the molecule is CC(=O)c1cccc2c1OC(C)(C)S2. The van der Waals surface area contributed by atoms with Crippen LogP contribution < -0.4 is 4.74 Å². The molecule has 0 spiro atoms. The number of carbonyl (C=O) groups is 1. The Hall–Kier alpha value is -0.960. The van der Waals surface area contributed by atoms with E-state index in [1.165, 1.54) is 0 Å². The third-order valence-corrected chi connectivity index (χ3v) is 3.18. The Kier molecular flexibility index (Phi) is 2.07. The second-order valence-electron chi connectivity index (χ2n) is 3.79. The summed E-state index contributed by atoms with van der Waals surface area (Å²) in [7, 11) is 0. The first kappa shape index (κ1) is 9.59. The first-order chi connectivity index (χ1) is 6.49. The maximum Gasteiger partial charge on any atom is 0.163 e. The minimum absolute atomic E-state index is 0.0557. The second kappa shape index (κ2) is 3.02. The smallest absolute Gasteiger partial charge is 0.163 e. The first-order valence-corrected chi connectivity index (χ1v) is 5.33. The average Bonchev–Trinajstić information content (AvgIpc) is 2.36. The molecule has 0 aromatic heterocycles. The van der Waals surface area contributed by atoms with E-state index in [-0.39, 0.29) is 10.7 Å². The van der Waals surface area contributed by atoms with Crippen molar-refractivity contribution in [2.45, 2.75) is 30.6 Å². The Morgan fingerprint density at radius 2 is 2.14 bits per heavy atom. The molecule has 74 valence electrons. The zero-order chi connectivity index (χ0) is 10.3. The van der Waals surface area contributed by atoms with Gasteiger partial charge >= 0.3 is 0 Å². The van der Waals surface area contributed by atoms with Crippen LogP contribution in [0.5, 0.6) is 5.75 Å². The molecule has 1 aliphatic heterocycles. The molecule has 1 heterocycles. The molecule has 0 unspecified atom stereocenters. The number of para-hydroxylation sites is 1. The minimum Gasteiger partial charge on any atom is -0.475 e. The number of ketones is 1. The summed E-state index contributed by atoms with van der Waals surface area (Å²) in [5.74, 6) is 0.801. The normalized spacial score (nSPS) is 17.4. The molecule has 2 nitrogen and oxygen atoms in total. The highest BCUT2D eigenvalue weighted by Crippen LogP contribution is 2.48. The number of benzene rings is 1. The zero-order valence-electron chi connectivity index (χ0n) is 8.46. The van der Waals surface area contributed by atoms with Crippen molar-refractivity contribution in [3.05, 3.63) is 23.8 Å². The first-order valence-electron chi connectivity index (χ1n) is 4.51. The fourth-order valence-electron chi connectivity index (χ4n) is 1.51. The molecule has 0 fully saturated rings. The molecular formula is C11H12O2S. The Morgan fingerprint density at radius 3 is 2.79 bits per heavy atom. The predicted octanol–water partition coefficient (Wildman–Crippen LogP) is 3.11.